The molecule has 1 N–H and O–H groups in total. The third-order valence-electron chi connectivity index (χ3n) is 3.42. The summed E-state index contributed by atoms with van der Waals surface area (Å²) in [6.07, 6.45) is 0.707. The average Bonchev–Trinajstić information content (AvgIpc) is 2.41. The van der Waals surface area contributed by atoms with Crippen molar-refractivity contribution in [1.29, 1.82) is 0 Å². The van der Waals surface area contributed by atoms with Gasteiger partial charge in [0.1, 0.15) is 5.82 Å². The van der Waals surface area contributed by atoms with Gasteiger partial charge in [0.15, 0.2) is 0 Å². The zero-order valence-electron chi connectivity index (χ0n) is 12.1. The number of rotatable bonds is 5. The smallest absolute Gasteiger partial charge is 0.124 e. The quantitative estimate of drug-likeness (QED) is 0.782. The van der Waals surface area contributed by atoms with Crippen LogP contribution in [0.2, 0.25) is 10.0 Å². The zero-order valence-corrected chi connectivity index (χ0v) is 13.6. The maximum Gasteiger partial charge on any atom is 0.124 e. The van der Waals surface area contributed by atoms with Crippen LogP contribution in [0, 0.1) is 12.7 Å². The summed E-state index contributed by atoms with van der Waals surface area (Å²) in [7, 11) is 0. The van der Waals surface area contributed by atoms with E-state index in [-0.39, 0.29) is 11.9 Å². The predicted molar refractivity (Wildman–Crippen MR) is 87.7 cm³/mol. The van der Waals surface area contributed by atoms with Crippen LogP contribution in [0.3, 0.4) is 0 Å². The second-order valence-corrected chi connectivity index (χ2v) is 5.89. The molecule has 112 valence electrons. The van der Waals surface area contributed by atoms with Crippen molar-refractivity contribution in [3.8, 4) is 0 Å². The molecule has 1 nitrogen and oxygen atoms in total. The van der Waals surface area contributed by atoms with Crippen LogP contribution in [-0.4, -0.2) is 6.54 Å². The van der Waals surface area contributed by atoms with Crippen molar-refractivity contribution in [3.05, 3.63) is 69.0 Å². The molecule has 1 unspecified atom stereocenters. The molecular formula is C17H18Cl2FN. The Labute approximate surface area is 135 Å². The fraction of sp³-hybridized carbons (Fsp3) is 0.294. The number of hydrogen-bond donors (Lipinski definition) is 1. The number of benzene rings is 2. The van der Waals surface area contributed by atoms with Crippen LogP contribution in [0.15, 0.2) is 36.4 Å². The molecule has 0 aliphatic carbocycles. The molecular weight excluding hydrogens is 308 g/mol. The van der Waals surface area contributed by atoms with Gasteiger partial charge in [0.2, 0.25) is 0 Å². The molecule has 21 heavy (non-hydrogen) atoms. The molecule has 0 spiro atoms. The molecule has 1 atom stereocenters. The lowest BCUT2D eigenvalue weighted by Gasteiger charge is -2.20. The number of hydrogen-bond acceptors (Lipinski definition) is 1. The lowest BCUT2D eigenvalue weighted by atomic mass is 9.98. The van der Waals surface area contributed by atoms with E-state index in [0.717, 1.165) is 28.3 Å². The fourth-order valence-corrected chi connectivity index (χ4v) is 2.97. The van der Waals surface area contributed by atoms with Gasteiger partial charge in [0.05, 0.1) is 0 Å². The van der Waals surface area contributed by atoms with Crippen molar-refractivity contribution in [2.45, 2.75) is 26.3 Å². The van der Waals surface area contributed by atoms with Crippen LogP contribution in [0.4, 0.5) is 4.39 Å². The molecule has 0 saturated heterocycles. The van der Waals surface area contributed by atoms with Gasteiger partial charge in [-0.05, 0) is 54.8 Å². The first-order chi connectivity index (χ1) is 10.0. The van der Waals surface area contributed by atoms with Crippen LogP contribution < -0.4 is 5.32 Å². The Balaban J connectivity index is 2.30. The van der Waals surface area contributed by atoms with Crippen molar-refractivity contribution >= 4 is 23.2 Å². The molecule has 0 aliphatic heterocycles. The standard InChI is InChI=1S/C17H18Cl2FN/c1-3-21-17(14-7-6-13(20)10-16(14)19)9-12-5-4-11(2)8-15(12)18/h4-8,10,17,21H,3,9H2,1-2H3. The fourth-order valence-electron chi connectivity index (χ4n) is 2.36. The molecule has 0 radical (unpaired) electrons. The summed E-state index contributed by atoms with van der Waals surface area (Å²) < 4.78 is 13.2. The summed E-state index contributed by atoms with van der Waals surface area (Å²) in [5.74, 6) is -0.327. The van der Waals surface area contributed by atoms with Gasteiger partial charge in [-0.25, -0.2) is 4.39 Å². The number of nitrogens with one attached hydrogen (secondary N) is 1. The molecule has 2 aromatic carbocycles. The normalized spacial score (nSPS) is 12.4. The highest BCUT2D eigenvalue weighted by atomic mass is 35.5. The molecule has 4 heteroatoms. The first-order valence-corrected chi connectivity index (χ1v) is 7.70. The largest absolute Gasteiger partial charge is 0.310 e. The minimum Gasteiger partial charge on any atom is -0.310 e. The van der Waals surface area contributed by atoms with Crippen molar-refractivity contribution in [2.75, 3.05) is 6.54 Å². The number of likely N-dealkylation sites (N-methyl/N-ethyl adjacent to an activating group) is 1. The molecule has 0 aliphatic rings. The van der Waals surface area contributed by atoms with Gasteiger partial charge in [-0.3, -0.25) is 0 Å². The van der Waals surface area contributed by atoms with Gasteiger partial charge in [-0.2, -0.15) is 0 Å². The van der Waals surface area contributed by atoms with Gasteiger partial charge in [-0.15, -0.1) is 0 Å². The van der Waals surface area contributed by atoms with E-state index in [1.165, 1.54) is 12.1 Å². The second-order valence-electron chi connectivity index (χ2n) is 5.08. The minimum absolute atomic E-state index is 0.00306. The Bertz CT molecular complexity index is 628. The molecule has 0 bridgehead atoms. The molecule has 0 heterocycles. The summed E-state index contributed by atoms with van der Waals surface area (Å²) >= 11 is 12.5. The van der Waals surface area contributed by atoms with E-state index < -0.39 is 0 Å². The van der Waals surface area contributed by atoms with E-state index in [2.05, 4.69) is 5.32 Å². The summed E-state index contributed by atoms with van der Waals surface area (Å²) in [6, 6.07) is 10.5. The maximum absolute atomic E-state index is 13.2. The Morgan fingerprint density at radius 3 is 2.48 bits per heavy atom. The van der Waals surface area contributed by atoms with E-state index >= 15 is 0 Å². The third kappa shape index (κ3) is 4.19. The highest BCUT2D eigenvalue weighted by Crippen LogP contribution is 2.29. The van der Waals surface area contributed by atoms with E-state index in [1.54, 1.807) is 6.07 Å². The SMILES string of the molecule is CCNC(Cc1ccc(C)cc1Cl)c1ccc(F)cc1Cl. The third-order valence-corrected chi connectivity index (χ3v) is 4.10. The molecule has 0 fully saturated rings. The van der Waals surface area contributed by atoms with Crippen LogP contribution in [0.5, 0.6) is 0 Å². The van der Waals surface area contributed by atoms with E-state index in [4.69, 9.17) is 23.2 Å². The Kier molecular flexibility index (Phi) is 5.63. The highest BCUT2D eigenvalue weighted by molar-refractivity contribution is 6.31. The monoisotopic (exact) mass is 325 g/mol. The van der Waals surface area contributed by atoms with Gasteiger partial charge in [0.25, 0.3) is 0 Å². The Morgan fingerprint density at radius 1 is 1.10 bits per heavy atom. The predicted octanol–water partition coefficient (Wildman–Crippen LogP) is 5.33. The molecule has 0 aromatic heterocycles. The average molecular weight is 326 g/mol. The zero-order chi connectivity index (χ0) is 15.4. The van der Waals surface area contributed by atoms with Crippen LogP contribution in [0.25, 0.3) is 0 Å². The van der Waals surface area contributed by atoms with Gasteiger partial charge < -0.3 is 5.32 Å². The number of aryl methyl sites for hydroxylation is 1. The van der Waals surface area contributed by atoms with E-state index in [9.17, 15) is 4.39 Å². The lowest BCUT2D eigenvalue weighted by molar-refractivity contribution is 0.547. The second kappa shape index (κ2) is 7.26. The van der Waals surface area contributed by atoms with Crippen molar-refractivity contribution in [2.24, 2.45) is 0 Å². The van der Waals surface area contributed by atoms with E-state index in [0.29, 0.717) is 11.4 Å². The molecule has 0 saturated carbocycles. The number of halogens is 3. The van der Waals surface area contributed by atoms with Gasteiger partial charge >= 0.3 is 0 Å². The van der Waals surface area contributed by atoms with Crippen LogP contribution in [-0.2, 0) is 6.42 Å². The topological polar surface area (TPSA) is 12.0 Å². The lowest BCUT2D eigenvalue weighted by Crippen LogP contribution is -2.23. The summed E-state index contributed by atoms with van der Waals surface area (Å²) in [4.78, 5) is 0. The van der Waals surface area contributed by atoms with Gasteiger partial charge in [0, 0.05) is 16.1 Å². The molecule has 2 rings (SSSR count). The van der Waals surface area contributed by atoms with Crippen molar-refractivity contribution < 1.29 is 4.39 Å². The molecule has 0 amide bonds. The van der Waals surface area contributed by atoms with Crippen LogP contribution in [0.1, 0.15) is 29.7 Å². The Hall–Kier alpha value is -1.09. The van der Waals surface area contributed by atoms with Crippen molar-refractivity contribution in [1.82, 2.24) is 5.32 Å². The van der Waals surface area contributed by atoms with Gasteiger partial charge in [-0.1, -0.05) is 48.3 Å². The minimum atomic E-state index is -0.327. The maximum atomic E-state index is 13.2. The van der Waals surface area contributed by atoms with E-state index in [1.807, 2.05) is 32.0 Å². The summed E-state index contributed by atoms with van der Waals surface area (Å²) in [6.45, 7) is 4.83. The summed E-state index contributed by atoms with van der Waals surface area (Å²) in [5, 5.41) is 4.56. The Morgan fingerprint density at radius 2 is 1.86 bits per heavy atom. The first kappa shape index (κ1) is 16.3. The summed E-state index contributed by atoms with van der Waals surface area (Å²) in [5.41, 5.74) is 3.06. The van der Waals surface area contributed by atoms with Crippen LogP contribution >= 0.6 is 23.2 Å². The van der Waals surface area contributed by atoms with Crippen molar-refractivity contribution in [3.63, 3.8) is 0 Å². The highest BCUT2D eigenvalue weighted by Gasteiger charge is 2.16. The molecule has 2 aromatic rings. The first-order valence-electron chi connectivity index (χ1n) is 6.94.